The summed E-state index contributed by atoms with van der Waals surface area (Å²) in [4.78, 5) is 21.8. The van der Waals surface area contributed by atoms with Crippen molar-refractivity contribution in [3.05, 3.63) is 65.1 Å². The molecule has 2 atom stereocenters. The van der Waals surface area contributed by atoms with Crippen molar-refractivity contribution in [3.63, 3.8) is 0 Å². The number of hydrogen-bond donors (Lipinski definition) is 1. The predicted octanol–water partition coefficient (Wildman–Crippen LogP) is 4.51. The maximum absolute atomic E-state index is 14.5. The number of H-pyrrole nitrogens is 1. The second-order valence-corrected chi connectivity index (χ2v) is 7.37. The standard InChI is InChI=1S/C23H21F2N3O/c1-3-5-8-16-12-18-17-10-15(24)11-19(25)21(17)27-22(18)23(28(16)20(29)4-2)14-7-6-9-26-13-14/h2,6-7,9-11,13,16,23,27H,3,5,8,12H2,1H3/t16-,23-/m0/s1. The van der Waals surface area contributed by atoms with Crippen LogP contribution in [0.2, 0.25) is 0 Å². The molecule has 1 amide bonds. The molecule has 0 saturated heterocycles. The van der Waals surface area contributed by atoms with Crippen LogP contribution in [0.3, 0.4) is 0 Å². The smallest absolute Gasteiger partial charge is 0.299 e. The van der Waals surface area contributed by atoms with Gasteiger partial charge in [0.25, 0.3) is 5.91 Å². The SMILES string of the molecule is C#CC(=O)N1[C@@H](CCCC)Cc2c([nH]c3c(F)cc(F)cc23)[C@@H]1c1cccnc1. The number of aromatic amines is 1. The van der Waals surface area contributed by atoms with Gasteiger partial charge >= 0.3 is 0 Å². The molecule has 0 aliphatic carbocycles. The van der Waals surface area contributed by atoms with Crippen molar-refractivity contribution in [2.24, 2.45) is 0 Å². The maximum Gasteiger partial charge on any atom is 0.299 e. The fourth-order valence-electron chi connectivity index (χ4n) is 4.33. The molecule has 4 rings (SSSR count). The summed E-state index contributed by atoms with van der Waals surface area (Å²) in [5.41, 5.74) is 2.50. The van der Waals surface area contributed by atoms with Crippen LogP contribution in [-0.2, 0) is 11.2 Å². The van der Waals surface area contributed by atoms with Crippen LogP contribution in [0, 0.1) is 24.0 Å². The van der Waals surface area contributed by atoms with E-state index < -0.39 is 23.6 Å². The van der Waals surface area contributed by atoms with Gasteiger partial charge in [0.05, 0.1) is 5.52 Å². The number of terminal acetylenes is 1. The molecule has 1 aliphatic heterocycles. The van der Waals surface area contributed by atoms with Crippen LogP contribution in [0.5, 0.6) is 0 Å². The van der Waals surface area contributed by atoms with Crippen LogP contribution >= 0.6 is 0 Å². The Kier molecular flexibility index (Phi) is 5.06. The zero-order valence-electron chi connectivity index (χ0n) is 16.1. The van der Waals surface area contributed by atoms with Crippen LogP contribution in [0.15, 0.2) is 36.7 Å². The summed E-state index contributed by atoms with van der Waals surface area (Å²) in [5.74, 6) is 0.547. The first kappa shape index (κ1) is 19.1. The number of hydrogen-bond acceptors (Lipinski definition) is 2. The number of nitrogens with one attached hydrogen (secondary N) is 1. The molecule has 0 spiro atoms. The molecule has 1 N–H and O–H groups in total. The zero-order valence-corrected chi connectivity index (χ0v) is 16.1. The van der Waals surface area contributed by atoms with Crippen LogP contribution in [0.4, 0.5) is 8.78 Å². The Morgan fingerprint density at radius 3 is 2.93 bits per heavy atom. The van der Waals surface area contributed by atoms with Gasteiger partial charge < -0.3 is 9.88 Å². The largest absolute Gasteiger partial charge is 0.354 e. The normalized spacial score (nSPS) is 18.5. The highest BCUT2D eigenvalue weighted by Gasteiger charge is 2.40. The van der Waals surface area contributed by atoms with Gasteiger partial charge in [-0.25, -0.2) is 8.78 Å². The number of nitrogens with zero attached hydrogens (tertiary/aromatic N) is 2. The van der Waals surface area contributed by atoms with Gasteiger partial charge in [-0.05, 0) is 42.0 Å². The molecule has 2 aromatic heterocycles. The molecule has 29 heavy (non-hydrogen) atoms. The summed E-state index contributed by atoms with van der Waals surface area (Å²) in [5, 5.41) is 0.515. The fourth-order valence-corrected chi connectivity index (χ4v) is 4.33. The first-order valence-electron chi connectivity index (χ1n) is 9.73. The topological polar surface area (TPSA) is 49.0 Å². The highest BCUT2D eigenvalue weighted by molar-refractivity contribution is 5.95. The maximum atomic E-state index is 14.5. The molecule has 0 radical (unpaired) electrons. The molecule has 3 aromatic rings. The van der Waals surface area contributed by atoms with E-state index in [4.69, 9.17) is 6.42 Å². The zero-order chi connectivity index (χ0) is 20.5. The second kappa shape index (κ2) is 7.67. The second-order valence-electron chi connectivity index (χ2n) is 7.37. The number of benzene rings is 1. The molecule has 0 saturated carbocycles. The van der Waals surface area contributed by atoms with E-state index in [1.807, 2.05) is 6.07 Å². The number of rotatable bonds is 4. The van der Waals surface area contributed by atoms with Gasteiger partial charge in [0.1, 0.15) is 17.7 Å². The van der Waals surface area contributed by atoms with Crippen molar-refractivity contribution < 1.29 is 13.6 Å². The Labute approximate surface area is 167 Å². The average Bonchev–Trinajstić information content (AvgIpc) is 3.09. The van der Waals surface area contributed by atoms with Gasteiger partial charge in [-0.2, -0.15) is 0 Å². The van der Waals surface area contributed by atoms with E-state index >= 15 is 0 Å². The number of pyridine rings is 1. The van der Waals surface area contributed by atoms with Crippen LogP contribution in [-0.4, -0.2) is 26.8 Å². The number of halogens is 2. The lowest BCUT2D eigenvalue weighted by Crippen LogP contribution is -2.47. The lowest BCUT2D eigenvalue weighted by molar-refractivity contribution is -0.130. The molecule has 0 fully saturated rings. The summed E-state index contributed by atoms with van der Waals surface area (Å²) in [7, 11) is 0. The van der Waals surface area contributed by atoms with Gasteiger partial charge in [0.15, 0.2) is 0 Å². The quantitative estimate of drug-likeness (QED) is 0.663. The first-order valence-corrected chi connectivity index (χ1v) is 9.73. The minimum atomic E-state index is -0.653. The predicted molar refractivity (Wildman–Crippen MR) is 107 cm³/mol. The summed E-state index contributed by atoms with van der Waals surface area (Å²) in [6.07, 6.45) is 11.9. The minimum absolute atomic E-state index is 0.165. The molecule has 3 heterocycles. The van der Waals surface area contributed by atoms with Crippen molar-refractivity contribution in [1.82, 2.24) is 14.9 Å². The van der Waals surface area contributed by atoms with E-state index in [0.29, 0.717) is 17.5 Å². The first-order chi connectivity index (χ1) is 14.0. The van der Waals surface area contributed by atoms with Gasteiger partial charge in [-0.15, -0.1) is 6.42 Å². The molecule has 4 nitrogen and oxygen atoms in total. The Morgan fingerprint density at radius 2 is 2.24 bits per heavy atom. The highest BCUT2D eigenvalue weighted by Crippen LogP contribution is 2.42. The number of amides is 1. The molecule has 1 aliphatic rings. The number of carbonyl (C=O) groups is 1. The molecular weight excluding hydrogens is 372 g/mol. The number of aromatic nitrogens is 2. The summed E-state index contributed by atoms with van der Waals surface area (Å²) in [6.45, 7) is 2.08. The number of carbonyl (C=O) groups excluding carboxylic acids is 1. The number of unbranched alkanes of at least 4 members (excludes halogenated alkanes) is 1. The molecular formula is C23H21F2N3O. The van der Waals surface area contributed by atoms with E-state index in [1.54, 1.807) is 23.4 Å². The Morgan fingerprint density at radius 1 is 1.41 bits per heavy atom. The van der Waals surface area contributed by atoms with E-state index in [1.165, 1.54) is 6.07 Å². The fraction of sp³-hybridized carbons (Fsp3) is 0.304. The van der Waals surface area contributed by atoms with Gasteiger partial charge in [0, 0.05) is 35.6 Å². The summed E-state index contributed by atoms with van der Waals surface area (Å²) >= 11 is 0. The van der Waals surface area contributed by atoms with Crippen LogP contribution in [0.25, 0.3) is 10.9 Å². The Hall–Kier alpha value is -3.20. The third-order valence-corrected chi connectivity index (χ3v) is 5.60. The monoisotopic (exact) mass is 393 g/mol. The molecule has 6 heteroatoms. The van der Waals surface area contributed by atoms with E-state index in [0.717, 1.165) is 36.5 Å². The Balaban J connectivity index is 1.97. The van der Waals surface area contributed by atoms with E-state index in [-0.39, 0.29) is 11.6 Å². The summed E-state index contributed by atoms with van der Waals surface area (Å²) in [6, 6.07) is 5.16. The van der Waals surface area contributed by atoms with Crippen molar-refractivity contribution >= 4 is 16.8 Å². The van der Waals surface area contributed by atoms with Crippen molar-refractivity contribution in [2.45, 2.75) is 44.7 Å². The van der Waals surface area contributed by atoms with Gasteiger partial charge in [-0.1, -0.05) is 25.8 Å². The number of fused-ring (bicyclic) bond motifs is 3. The summed E-state index contributed by atoms with van der Waals surface area (Å²) < 4.78 is 28.5. The molecule has 1 aromatic carbocycles. The van der Waals surface area contributed by atoms with Crippen LogP contribution in [0.1, 0.15) is 49.0 Å². The average molecular weight is 393 g/mol. The van der Waals surface area contributed by atoms with Crippen LogP contribution < -0.4 is 0 Å². The molecule has 0 unspecified atom stereocenters. The van der Waals surface area contributed by atoms with Crippen molar-refractivity contribution in [3.8, 4) is 12.3 Å². The third-order valence-electron chi connectivity index (χ3n) is 5.60. The third kappa shape index (κ3) is 3.27. The van der Waals surface area contributed by atoms with Crippen molar-refractivity contribution in [1.29, 1.82) is 0 Å². The van der Waals surface area contributed by atoms with Gasteiger partial charge in [0.2, 0.25) is 0 Å². The van der Waals surface area contributed by atoms with E-state index in [2.05, 4.69) is 22.8 Å². The minimum Gasteiger partial charge on any atom is -0.354 e. The molecule has 0 bridgehead atoms. The lowest BCUT2D eigenvalue weighted by atomic mass is 9.86. The lowest BCUT2D eigenvalue weighted by Gasteiger charge is -2.41. The molecule has 148 valence electrons. The highest BCUT2D eigenvalue weighted by atomic mass is 19.1. The van der Waals surface area contributed by atoms with Crippen molar-refractivity contribution in [2.75, 3.05) is 0 Å². The van der Waals surface area contributed by atoms with Gasteiger partial charge in [-0.3, -0.25) is 9.78 Å². The van der Waals surface area contributed by atoms with E-state index in [9.17, 15) is 13.6 Å². The Bertz CT molecular complexity index is 1100.